The first kappa shape index (κ1) is 19.5. The lowest BCUT2D eigenvalue weighted by atomic mass is 9.92. The van der Waals surface area contributed by atoms with Gasteiger partial charge in [0.05, 0.1) is 11.5 Å². The Bertz CT molecular complexity index is 993. The van der Waals surface area contributed by atoms with E-state index in [4.69, 9.17) is 9.47 Å². The number of ether oxygens (including phenoxy) is 2. The van der Waals surface area contributed by atoms with Crippen molar-refractivity contribution >= 4 is 27.7 Å². The van der Waals surface area contributed by atoms with Crippen LogP contribution in [-0.4, -0.2) is 67.6 Å². The van der Waals surface area contributed by atoms with E-state index in [0.29, 0.717) is 17.9 Å². The zero-order valence-electron chi connectivity index (χ0n) is 15.8. The number of rotatable bonds is 5. The van der Waals surface area contributed by atoms with E-state index >= 15 is 0 Å². The summed E-state index contributed by atoms with van der Waals surface area (Å²) >= 11 is 0. The number of hydrogen-bond acceptors (Lipinski definition) is 7. The number of imide groups is 1. The standard InChI is InChI=1S/C18H21N3O7S/c1-18(7-11-2-3-13-14(6-11)28-10-27-13)16(23)21(17(24)20-18)8-15(22)19-12-4-5-29(25,26)9-12/h2-3,6,12H,4-5,7-10H2,1H3,(H,19,22)(H,20,24)/t12-,18+/m0/s1. The number of benzene rings is 1. The Morgan fingerprint density at radius 2 is 2.07 bits per heavy atom. The Kier molecular flexibility index (Phi) is 4.64. The minimum atomic E-state index is -3.14. The fraction of sp³-hybridized carbons (Fsp3) is 0.500. The molecule has 0 bridgehead atoms. The first-order valence-electron chi connectivity index (χ1n) is 9.18. The van der Waals surface area contributed by atoms with Gasteiger partial charge in [-0.25, -0.2) is 13.2 Å². The van der Waals surface area contributed by atoms with E-state index in [-0.39, 0.29) is 24.7 Å². The Balaban J connectivity index is 1.40. The van der Waals surface area contributed by atoms with E-state index in [1.54, 1.807) is 25.1 Å². The molecule has 2 saturated heterocycles. The summed E-state index contributed by atoms with van der Waals surface area (Å²) < 4.78 is 33.6. The Morgan fingerprint density at radius 1 is 1.31 bits per heavy atom. The molecule has 156 valence electrons. The molecular weight excluding hydrogens is 402 g/mol. The highest BCUT2D eigenvalue weighted by molar-refractivity contribution is 7.91. The number of fused-ring (bicyclic) bond motifs is 1. The summed E-state index contributed by atoms with van der Waals surface area (Å²) in [7, 11) is -3.14. The van der Waals surface area contributed by atoms with Crippen molar-refractivity contribution in [2.24, 2.45) is 0 Å². The Labute approximate surface area is 167 Å². The lowest BCUT2D eigenvalue weighted by Crippen LogP contribution is -2.47. The van der Waals surface area contributed by atoms with Crippen LogP contribution in [0.4, 0.5) is 4.79 Å². The van der Waals surface area contributed by atoms with Crippen LogP contribution in [-0.2, 0) is 25.8 Å². The Hall–Kier alpha value is -2.82. The van der Waals surface area contributed by atoms with Gasteiger partial charge in [0.2, 0.25) is 12.7 Å². The van der Waals surface area contributed by atoms with Crippen LogP contribution in [0.5, 0.6) is 11.5 Å². The van der Waals surface area contributed by atoms with Gasteiger partial charge in [-0.2, -0.15) is 0 Å². The number of hydrogen-bond donors (Lipinski definition) is 2. The van der Waals surface area contributed by atoms with Gasteiger partial charge < -0.3 is 20.1 Å². The minimum Gasteiger partial charge on any atom is -0.454 e. The van der Waals surface area contributed by atoms with Gasteiger partial charge in [0.15, 0.2) is 21.3 Å². The Morgan fingerprint density at radius 3 is 2.79 bits per heavy atom. The maximum absolute atomic E-state index is 12.9. The first-order valence-corrected chi connectivity index (χ1v) is 11.0. The van der Waals surface area contributed by atoms with Crippen LogP contribution >= 0.6 is 0 Å². The van der Waals surface area contributed by atoms with Crippen LogP contribution in [0.1, 0.15) is 18.9 Å². The van der Waals surface area contributed by atoms with Crippen LogP contribution in [0.15, 0.2) is 18.2 Å². The van der Waals surface area contributed by atoms with E-state index < -0.39 is 45.8 Å². The topological polar surface area (TPSA) is 131 Å². The molecule has 0 aromatic heterocycles. The number of urea groups is 1. The maximum atomic E-state index is 12.9. The molecule has 4 rings (SSSR count). The average Bonchev–Trinajstić information content (AvgIpc) is 3.28. The van der Waals surface area contributed by atoms with Gasteiger partial charge in [-0.15, -0.1) is 0 Å². The molecule has 0 aliphatic carbocycles. The molecule has 1 aromatic rings. The molecule has 2 fully saturated rings. The summed E-state index contributed by atoms with van der Waals surface area (Å²) in [6.45, 7) is 1.27. The molecule has 3 heterocycles. The molecule has 2 N–H and O–H groups in total. The molecule has 11 heteroatoms. The lowest BCUT2D eigenvalue weighted by Gasteiger charge is -2.22. The maximum Gasteiger partial charge on any atom is 0.325 e. The second-order valence-electron chi connectivity index (χ2n) is 7.69. The smallest absolute Gasteiger partial charge is 0.325 e. The van der Waals surface area contributed by atoms with Crippen molar-refractivity contribution in [1.29, 1.82) is 0 Å². The predicted molar refractivity (Wildman–Crippen MR) is 100 cm³/mol. The molecule has 0 radical (unpaired) electrons. The molecule has 2 atom stereocenters. The van der Waals surface area contributed by atoms with Gasteiger partial charge >= 0.3 is 6.03 Å². The number of sulfone groups is 1. The number of nitrogens with one attached hydrogen (secondary N) is 2. The number of carbonyl (C=O) groups is 3. The summed E-state index contributed by atoms with van der Waals surface area (Å²) in [5.74, 6) is 0.00545. The van der Waals surface area contributed by atoms with Crippen molar-refractivity contribution in [3.8, 4) is 11.5 Å². The lowest BCUT2D eigenvalue weighted by molar-refractivity contribution is -0.134. The number of amides is 4. The van der Waals surface area contributed by atoms with Crippen LogP contribution in [0.25, 0.3) is 0 Å². The average molecular weight is 423 g/mol. The fourth-order valence-corrected chi connectivity index (χ4v) is 5.47. The monoisotopic (exact) mass is 423 g/mol. The third-order valence-electron chi connectivity index (χ3n) is 5.24. The third kappa shape index (κ3) is 3.86. The zero-order valence-corrected chi connectivity index (χ0v) is 16.6. The normalized spacial score (nSPS) is 27.2. The van der Waals surface area contributed by atoms with Gasteiger partial charge in [0.25, 0.3) is 5.91 Å². The molecule has 1 aromatic carbocycles. The van der Waals surface area contributed by atoms with Gasteiger partial charge in [-0.3, -0.25) is 14.5 Å². The van der Waals surface area contributed by atoms with E-state index in [9.17, 15) is 22.8 Å². The zero-order chi connectivity index (χ0) is 20.8. The van der Waals surface area contributed by atoms with Crippen molar-refractivity contribution in [3.63, 3.8) is 0 Å². The molecule has 3 aliphatic rings. The van der Waals surface area contributed by atoms with Crippen molar-refractivity contribution < 1.29 is 32.3 Å². The summed E-state index contributed by atoms with van der Waals surface area (Å²) in [4.78, 5) is 38.3. The van der Waals surface area contributed by atoms with Crippen molar-refractivity contribution in [1.82, 2.24) is 15.5 Å². The predicted octanol–water partition coefficient (Wildman–Crippen LogP) is -0.428. The molecule has 3 aliphatic heterocycles. The van der Waals surface area contributed by atoms with Gasteiger partial charge in [0.1, 0.15) is 12.1 Å². The van der Waals surface area contributed by atoms with E-state index in [2.05, 4.69) is 10.6 Å². The molecule has 0 spiro atoms. The number of nitrogens with zero attached hydrogens (tertiary/aromatic N) is 1. The highest BCUT2D eigenvalue weighted by Gasteiger charge is 2.48. The van der Waals surface area contributed by atoms with E-state index in [0.717, 1.165) is 10.5 Å². The van der Waals surface area contributed by atoms with Crippen molar-refractivity contribution in [3.05, 3.63) is 23.8 Å². The van der Waals surface area contributed by atoms with Crippen LogP contribution < -0.4 is 20.1 Å². The van der Waals surface area contributed by atoms with Crippen LogP contribution in [0, 0.1) is 0 Å². The third-order valence-corrected chi connectivity index (χ3v) is 7.01. The van der Waals surface area contributed by atoms with E-state index in [1.807, 2.05) is 0 Å². The molecule has 10 nitrogen and oxygen atoms in total. The summed E-state index contributed by atoms with van der Waals surface area (Å²) in [5, 5.41) is 5.23. The first-order chi connectivity index (χ1) is 13.7. The van der Waals surface area contributed by atoms with E-state index in [1.165, 1.54) is 0 Å². The molecule has 0 saturated carbocycles. The fourth-order valence-electron chi connectivity index (χ4n) is 3.80. The van der Waals surface area contributed by atoms with Gasteiger partial charge in [0, 0.05) is 12.5 Å². The second kappa shape index (κ2) is 6.90. The molecule has 0 unspecified atom stereocenters. The van der Waals surface area contributed by atoms with Crippen LogP contribution in [0.2, 0.25) is 0 Å². The summed E-state index contributed by atoms with van der Waals surface area (Å²) in [6.07, 6.45) is 0.545. The largest absolute Gasteiger partial charge is 0.454 e. The quantitative estimate of drug-likeness (QED) is 0.615. The molecule has 4 amide bonds. The highest BCUT2D eigenvalue weighted by Crippen LogP contribution is 2.34. The van der Waals surface area contributed by atoms with Crippen molar-refractivity contribution in [2.45, 2.75) is 31.3 Å². The SMILES string of the molecule is C[C@]1(Cc2ccc3c(c2)OCO3)NC(=O)N(CC(=O)N[C@H]2CCS(=O)(=O)C2)C1=O. The van der Waals surface area contributed by atoms with Gasteiger partial charge in [-0.05, 0) is 31.0 Å². The second-order valence-corrected chi connectivity index (χ2v) is 9.91. The highest BCUT2D eigenvalue weighted by atomic mass is 32.2. The van der Waals surface area contributed by atoms with Crippen LogP contribution in [0.3, 0.4) is 0 Å². The number of carbonyl (C=O) groups excluding carboxylic acids is 3. The molecular formula is C18H21N3O7S. The minimum absolute atomic E-state index is 0.0225. The summed E-state index contributed by atoms with van der Waals surface area (Å²) in [6, 6.07) is 4.13. The van der Waals surface area contributed by atoms with Gasteiger partial charge in [-0.1, -0.05) is 6.07 Å². The summed E-state index contributed by atoms with van der Waals surface area (Å²) in [5.41, 5.74) is -0.435. The van der Waals surface area contributed by atoms with Crippen molar-refractivity contribution in [2.75, 3.05) is 24.8 Å². The molecule has 29 heavy (non-hydrogen) atoms.